The van der Waals surface area contributed by atoms with Gasteiger partial charge in [0.05, 0.1) is 18.1 Å². The highest BCUT2D eigenvalue weighted by Crippen LogP contribution is 2.33. The summed E-state index contributed by atoms with van der Waals surface area (Å²) in [7, 11) is 0. The fourth-order valence-corrected chi connectivity index (χ4v) is 5.63. The molecule has 6 nitrogen and oxygen atoms in total. The summed E-state index contributed by atoms with van der Waals surface area (Å²) in [6.45, 7) is 9.14. The molecule has 0 aliphatic carbocycles. The van der Waals surface area contributed by atoms with Gasteiger partial charge in [0.25, 0.3) is 0 Å². The first kappa shape index (κ1) is 25.4. The summed E-state index contributed by atoms with van der Waals surface area (Å²) in [5.74, 6) is 0.349. The molecule has 35 heavy (non-hydrogen) atoms. The van der Waals surface area contributed by atoms with Gasteiger partial charge in [0.2, 0.25) is 11.8 Å². The van der Waals surface area contributed by atoms with Crippen LogP contribution in [0.4, 0.5) is 0 Å². The Morgan fingerprint density at radius 3 is 1.94 bits per heavy atom. The number of rotatable bonds is 6. The van der Waals surface area contributed by atoms with Gasteiger partial charge >= 0.3 is 0 Å². The van der Waals surface area contributed by atoms with Gasteiger partial charge in [-0.1, -0.05) is 74.5 Å². The van der Waals surface area contributed by atoms with Gasteiger partial charge < -0.3 is 14.9 Å². The van der Waals surface area contributed by atoms with E-state index in [0.29, 0.717) is 38.4 Å². The van der Waals surface area contributed by atoms with Crippen molar-refractivity contribution in [3.8, 4) is 0 Å². The van der Waals surface area contributed by atoms with Crippen molar-refractivity contribution < 1.29 is 14.7 Å². The topological polar surface area (TPSA) is 64.1 Å². The molecule has 188 valence electrons. The minimum atomic E-state index is -1.03. The third-order valence-electron chi connectivity index (χ3n) is 7.76. The second-order valence-electron chi connectivity index (χ2n) is 10.5. The van der Waals surface area contributed by atoms with Gasteiger partial charge in [0.1, 0.15) is 0 Å². The molecule has 0 spiro atoms. The Hall–Kier alpha value is -2.70. The second-order valence-corrected chi connectivity index (χ2v) is 10.5. The highest BCUT2D eigenvalue weighted by Gasteiger charge is 2.40. The van der Waals surface area contributed by atoms with Crippen LogP contribution in [0.15, 0.2) is 60.7 Å². The maximum atomic E-state index is 13.5. The van der Waals surface area contributed by atoms with E-state index in [0.717, 1.165) is 13.1 Å². The Morgan fingerprint density at radius 2 is 1.46 bits per heavy atom. The Labute approximate surface area is 209 Å². The molecular weight excluding hydrogens is 438 g/mol. The van der Waals surface area contributed by atoms with Crippen LogP contribution in [0, 0.1) is 5.92 Å². The zero-order valence-electron chi connectivity index (χ0n) is 21.3. The Kier molecular flexibility index (Phi) is 7.92. The van der Waals surface area contributed by atoms with E-state index >= 15 is 0 Å². The lowest BCUT2D eigenvalue weighted by Gasteiger charge is -2.47. The summed E-state index contributed by atoms with van der Waals surface area (Å²) in [4.78, 5) is 31.4. The van der Waals surface area contributed by atoms with Crippen LogP contribution in [0.2, 0.25) is 0 Å². The van der Waals surface area contributed by atoms with E-state index in [-0.39, 0.29) is 30.3 Å². The lowest BCUT2D eigenvalue weighted by Crippen LogP contribution is -2.59. The minimum absolute atomic E-state index is 0.0260. The van der Waals surface area contributed by atoms with Gasteiger partial charge in [-0.2, -0.15) is 0 Å². The summed E-state index contributed by atoms with van der Waals surface area (Å²) >= 11 is 0. The van der Waals surface area contributed by atoms with Gasteiger partial charge in [-0.25, -0.2) is 0 Å². The number of nitrogens with zero attached hydrogens (tertiary/aromatic N) is 3. The minimum Gasteiger partial charge on any atom is -0.389 e. The average Bonchev–Trinajstić information content (AvgIpc) is 2.85. The first-order valence-corrected chi connectivity index (χ1v) is 12.9. The van der Waals surface area contributed by atoms with Crippen LogP contribution in [0.3, 0.4) is 0 Å². The molecule has 2 aromatic rings. The highest BCUT2D eigenvalue weighted by atomic mass is 16.3. The first-order chi connectivity index (χ1) is 16.8. The maximum Gasteiger partial charge on any atom is 0.225 e. The number of carbonyl (C=O) groups is 2. The van der Waals surface area contributed by atoms with Crippen molar-refractivity contribution in [1.82, 2.24) is 14.7 Å². The number of aliphatic hydroxyl groups is 1. The SMILES string of the molecule is CC(=O)N1CCC(O)(CC(=O)N2CCN(C(c3ccccc3)c3ccccc3)C[C@@H]2C(C)C)CC1. The highest BCUT2D eigenvalue weighted by molar-refractivity contribution is 5.78. The monoisotopic (exact) mass is 477 g/mol. The number of hydrogen-bond acceptors (Lipinski definition) is 4. The molecule has 0 radical (unpaired) electrons. The quantitative estimate of drug-likeness (QED) is 0.689. The summed E-state index contributed by atoms with van der Waals surface area (Å²) < 4.78 is 0. The van der Waals surface area contributed by atoms with E-state index in [2.05, 4.69) is 67.3 Å². The van der Waals surface area contributed by atoms with Crippen molar-refractivity contribution in [1.29, 1.82) is 0 Å². The normalized spacial score (nSPS) is 20.9. The van der Waals surface area contributed by atoms with Gasteiger partial charge in [0.15, 0.2) is 0 Å². The Bertz CT molecular complexity index is 947. The third-order valence-corrected chi connectivity index (χ3v) is 7.76. The number of piperazine rings is 1. The summed E-state index contributed by atoms with van der Waals surface area (Å²) in [6, 6.07) is 21.4. The van der Waals surface area contributed by atoms with Crippen molar-refractivity contribution in [3.05, 3.63) is 71.8 Å². The number of hydrogen-bond donors (Lipinski definition) is 1. The van der Waals surface area contributed by atoms with Crippen molar-refractivity contribution in [2.24, 2.45) is 5.92 Å². The predicted molar refractivity (Wildman–Crippen MR) is 138 cm³/mol. The van der Waals surface area contributed by atoms with Gasteiger partial charge in [-0.3, -0.25) is 14.5 Å². The van der Waals surface area contributed by atoms with Crippen LogP contribution < -0.4 is 0 Å². The third kappa shape index (κ3) is 5.93. The molecule has 4 rings (SSSR count). The smallest absolute Gasteiger partial charge is 0.225 e. The summed E-state index contributed by atoms with van der Waals surface area (Å²) in [6.07, 6.45) is 1.03. The average molecular weight is 478 g/mol. The zero-order chi connectivity index (χ0) is 25.0. The molecule has 0 saturated carbocycles. The van der Waals surface area contributed by atoms with E-state index in [1.165, 1.54) is 11.1 Å². The molecular formula is C29H39N3O3. The molecule has 0 aromatic heterocycles. The Morgan fingerprint density at radius 1 is 0.914 bits per heavy atom. The fraction of sp³-hybridized carbons (Fsp3) is 0.517. The molecule has 2 heterocycles. The number of carbonyl (C=O) groups excluding carboxylic acids is 2. The van der Waals surface area contributed by atoms with Crippen molar-refractivity contribution in [2.75, 3.05) is 32.7 Å². The lowest BCUT2D eigenvalue weighted by atomic mass is 9.86. The number of likely N-dealkylation sites (tertiary alicyclic amines) is 1. The van der Waals surface area contributed by atoms with Gasteiger partial charge in [-0.15, -0.1) is 0 Å². The largest absolute Gasteiger partial charge is 0.389 e. The molecule has 6 heteroatoms. The zero-order valence-corrected chi connectivity index (χ0v) is 21.3. The molecule has 2 aliphatic heterocycles. The molecule has 2 saturated heterocycles. The fourth-order valence-electron chi connectivity index (χ4n) is 5.63. The lowest BCUT2D eigenvalue weighted by molar-refractivity contribution is -0.146. The van der Waals surface area contributed by atoms with Crippen LogP contribution in [0.5, 0.6) is 0 Å². The number of amides is 2. The molecule has 2 amide bonds. The standard InChI is InChI=1S/C29H39N3O3/c1-22(2)26-21-31(28(24-10-6-4-7-11-24)25-12-8-5-9-13-25)18-19-32(26)27(34)20-29(35)14-16-30(17-15-29)23(3)33/h4-13,22,26,28,35H,14-21H2,1-3H3/t26-/m1/s1. The summed E-state index contributed by atoms with van der Waals surface area (Å²) in [5.41, 5.74) is 1.48. The van der Waals surface area contributed by atoms with Crippen LogP contribution in [-0.2, 0) is 9.59 Å². The van der Waals surface area contributed by atoms with E-state index in [1.54, 1.807) is 11.8 Å². The van der Waals surface area contributed by atoms with Crippen molar-refractivity contribution in [2.45, 2.75) is 57.7 Å². The summed E-state index contributed by atoms with van der Waals surface area (Å²) in [5, 5.41) is 11.1. The van der Waals surface area contributed by atoms with Gasteiger partial charge in [0, 0.05) is 45.7 Å². The number of benzene rings is 2. The predicted octanol–water partition coefficient (Wildman–Crippen LogP) is 3.71. The molecule has 1 atom stereocenters. The van der Waals surface area contributed by atoms with Crippen LogP contribution in [0.1, 0.15) is 57.2 Å². The van der Waals surface area contributed by atoms with Crippen molar-refractivity contribution in [3.63, 3.8) is 0 Å². The van der Waals surface area contributed by atoms with Crippen LogP contribution >= 0.6 is 0 Å². The van der Waals surface area contributed by atoms with Crippen LogP contribution in [0.25, 0.3) is 0 Å². The van der Waals surface area contributed by atoms with Crippen LogP contribution in [-0.4, -0.2) is 76.0 Å². The van der Waals surface area contributed by atoms with E-state index in [4.69, 9.17) is 0 Å². The molecule has 0 bridgehead atoms. The molecule has 0 unspecified atom stereocenters. The maximum absolute atomic E-state index is 13.5. The molecule has 2 aromatic carbocycles. The van der Waals surface area contributed by atoms with E-state index in [1.807, 2.05) is 17.0 Å². The first-order valence-electron chi connectivity index (χ1n) is 12.9. The second kappa shape index (κ2) is 10.9. The number of piperidine rings is 1. The van der Waals surface area contributed by atoms with Crippen molar-refractivity contribution >= 4 is 11.8 Å². The van der Waals surface area contributed by atoms with E-state index in [9.17, 15) is 14.7 Å². The van der Waals surface area contributed by atoms with Gasteiger partial charge in [-0.05, 0) is 29.9 Å². The molecule has 1 N–H and O–H groups in total. The molecule has 2 fully saturated rings. The Balaban J connectivity index is 1.49. The van der Waals surface area contributed by atoms with E-state index < -0.39 is 5.60 Å². The molecule has 2 aliphatic rings.